The van der Waals surface area contributed by atoms with E-state index in [0.717, 1.165) is 0 Å². The van der Waals surface area contributed by atoms with Gasteiger partial charge >= 0.3 is 0 Å². The van der Waals surface area contributed by atoms with Crippen LogP contribution in [0.4, 0.5) is 20.3 Å². The molecule has 0 saturated carbocycles. The Kier molecular flexibility index (Phi) is 6.83. The van der Waals surface area contributed by atoms with Gasteiger partial charge in [0, 0.05) is 42.8 Å². The molecule has 3 heterocycles. The quantitative estimate of drug-likeness (QED) is 0.237. The van der Waals surface area contributed by atoms with Crippen LogP contribution >= 0.6 is 0 Å². The molecule has 0 spiro atoms. The van der Waals surface area contributed by atoms with E-state index in [1.807, 2.05) is 0 Å². The van der Waals surface area contributed by atoms with Crippen molar-refractivity contribution in [3.8, 4) is 34.3 Å². The number of methoxy groups -OCH3 is 2. The number of fused-ring (bicyclic) bond motifs is 2. The Hall–Kier alpha value is -5.58. The molecule has 0 amide bonds. The van der Waals surface area contributed by atoms with Gasteiger partial charge in [-0.05, 0) is 42.0 Å². The second kappa shape index (κ2) is 10.8. The number of rotatable bonds is 7. The lowest BCUT2D eigenvalue weighted by Crippen LogP contribution is -2.13. The highest BCUT2D eigenvalue weighted by atomic mass is 19.1. The average Bonchev–Trinajstić information content (AvgIpc) is 3.00. The monoisotopic (exact) mass is 567 g/mol. The van der Waals surface area contributed by atoms with Crippen molar-refractivity contribution in [3.05, 3.63) is 101 Å². The molecule has 6 rings (SSSR count). The molecule has 0 bridgehead atoms. The average molecular weight is 568 g/mol. The molecule has 6 aromatic rings. The summed E-state index contributed by atoms with van der Waals surface area (Å²) in [6.07, 6.45) is 4.55. The third-order valence-electron chi connectivity index (χ3n) is 6.76. The predicted molar refractivity (Wildman–Crippen MR) is 155 cm³/mol. The number of nitrogens with zero attached hydrogens (tertiary/aromatic N) is 4. The second-order valence-electron chi connectivity index (χ2n) is 9.32. The normalized spacial score (nSPS) is 11.1. The lowest BCUT2D eigenvalue weighted by molar-refractivity contribution is 0.355. The molecule has 0 radical (unpaired) electrons. The standard InChI is InChI=1S/C31H23F2N5O4/c1-38-15-21(17-4-6-18(32)7-5-17)29(39)28-24(38)10-11-34-30(28)37-19-8-9-25(22(33)12-19)42-31-20-13-26(40-2)27(41-3)14-23(20)35-16-36-31/h4-16H,1-3H3,(H,34,37). The number of halogens is 2. The van der Waals surface area contributed by atoms with E-state index < -0.39 is 11.6 Å². The van der Waals surface area contributed by atoms with Crippen LogP contribution in [0.15, 0.2) is 84.2 Å². The number of aromatic nitrogens is 4. The van der Waals surface area contributed by atoms with E-state index in [0.29, 0.717) is 50.1 Å². The fourth-order valence-electron chi connectivity index (χ4n) is 4.70. The molecule has 42 heavy (non-hydrogen) atoms. The molecule has 3 aromatic heterocycles. The van der Waals surface area contributed by atoms with Gasteiger partial charge in [-0.2, -0.15) is 0 Å². The summed E-state index contributed by atoms with van der Waals surface area (Å²) in [4.78, 5) is 26.4. The minimum absolute atomic E-state index is 0.0734. The topological polar surface area (TPSA) is 100 Å². The van der Waals surface area contributed by atoms with Crippen LogP contribution in [-0.2, 0) is 7.05 Å². The van der Waals surface area contributed by atoms with E-state index in [2.05, 4.69) is 20.3 Å². The third kappa shape index (κ3) is 4.81. The van der Waals surface area contributed by atoms with Crippen molar-refractivity contribution < 1.29 is 23.0 Å². The second-order valence-corrected chi connectivity index (χ2v) is 9.32. The summed E-state index contributed by atoms with van der Waals surface area (Å²) in [6, 6.07) is 15.0. The van der Waals surface area contributed by atoms with Crippen molar-refractivity contribution in [1.29, 1.82) is 0 Å². The van der Waals surface area contributed by atoms with E-state index in [-0.39, 0.29) is 22.9 Å². The maximum absolute atomic E-state index is 15.3. The molecule has 9 nitrogen and oxygen atoms in total. The molecule has 0 aliphatic heterocycles. The summed E-state index contributed by atoms with van der Waals surface area (Å²) in [7, 11) is 4.82. The summed E-state index contributed by atoms with van der Waals surface area (Å²) in [5, 5.41) is 3.87. The van der Waals surface area contributed by atoms with Crippen LogP contribution in [0.25, 0.3) is 32.9 Å². The van der Waals surface area contributed by atoms with Gasteiger partial charge in [-0.25, -0.2) is 23.7 Å². The van der Waals surface area contributed by atoms with Crippen LogP contribution in [0, 0.1) is 11.6 Å². The Bertz CT molecular complexity index is 2030. The Morgan fingerprint density at radius 2 is 1.62 bits per heavy atom. The highest BCUT2D eigenvalue weighted by Crippen LogP contribution is 2.37. The molecule has 1 N–H and O–H groups in total. The highest BCUT2D eigenvalue weighted by molar-refractivity contribution is 5.94. The van der Waals surface area contributed by atoms with Crippen molar-refractivity contribution in [2.45, 2.75) is 0 Å². The smallest absolute Gasteiger partial charge is 0.230 e. The number of aryl methyl sites for hydroxylation is 1. The highest BCUT2D eigenvalue weighted by Gasteiger charge is 2.17. The number of hydrogen-bond donors (Lipinski definition) is 1. The zero-order chi connectivity index (χ0) is 29.4. The van der Waals surface area contributed by atoms with E-state index in [1.54, 1.807) is 60.4 Å². The Morgan fingerprint density at radius 1 is 0.857 bits per heavy atom. The van der Waals surface area contributed by atoms with Crippen LogP contribution in [0.5, 0.6) is 23.1 Å². The summed E-state index contributed by atoms with van der Waals surface area (Å²) < 4.78 is 47.1. The van der Waals surface area contributed by atoms with Crippen LogP contribution < -0.4 is 25.0 Å². The Labute approximate surface area is 238 Å². The molecule has 11 heteroatoms. The van der Waals surface area contributed by atoms with Gasteiger partial charge in [0.25, 0.3) is 0 Å². The minimum Gasteiger partial charge on any atom is -0.493 e. The van der Waals surface area contributed by atoms with Gasteiger partial charge in [-0.15, -0.1) is 0 Å². The first-order valence-electron chi connectivity index (χ1n) is 12.7. The molecule has 0 unspecified atom stereocenters. The summed E-state index contributed by atoms with van der Waals surface area (Å²) in [6.45, 7) is 0. The lowest BCUT2D eigenvalue weighted by Gasteiger charge is -2.14. The van der Waals surface area contributed by atoms with Gasteiger partial charge in [0.15, 0.2) is 23.1 Å². The van der Waals surface area contributed by atoms with Crippen molar-refractivity contribution in [3.63, 3.8) is 0 Å². The molecule has 0 atom stereocenters. The number of ether oxygens (including phenoxy) is 3. The number of nitrogens with one attached hydrogen (secondary N) is 1. The van der Waals surface area contributed by atoms with Crippen LogP contribution in [0.1, 0.15) is 0 Å². The first-order valence-corrected chi connectivity index (χ1v) is 12.7. The number of benzene rings is 3. The van der Waals surface area contributed by atoms with Crippen LogP contribution in [0.2, 0.25) is 0 Å². The molecule has 3 aromatic carbocycles. The maximum Gasteiger partial charge on any atom is 0.230 e. The lowest BCUT2D eigenvalue weighted by atomic mass is 10.0. The van der Waals surface area contributed by atoms with Gasteiger partial charge < -0.3 is 24.1 Å². The summed E-state index contributed by atoms with van der Waals surface area (Å²) >= 11 is 0. The van der Waals surface area contributed by atoms with Crippen LogP contribution in [0.3, 0.4) is 0 Å². The van der Waals surface area contributed by atoms with Gasteiger partial charge in [0.05, 0.1) is 36.0 Å². The molecular weight excluding hydrogens is 544 g/mol. The summed E-state index contributed by atoms with van der Waals surface area (Å²) in [5.41, 5.74) is 2.13. The number of hydrogen-bond acceptors (Lipinski definition) is 8. The molecule has 0 saturated heterocycles. The number of anilines is 2. The summed E-state index contributed by atoms with van der Waals surface area (Å²) in [5.74, 6) is 0.158. The first kappa shape index (κ1) is 26.6. The fourth-order valence-corrected chi connectivity index (χ4v) is 4.70. The van der Waals surface area contributed by atoms with E-state index >= 15 is 4.39 Å². The largest absolute Gasteiger partial charge is 0.493 e. The first-order chi connectivity index (χ1) is 20.4. The van der Waals surface area contributed by atoms with Crippen molar-refractivity contribution in [2.24, 2.45) is 7.05 Å². The zero-order valence-electron chi connectivity index (χ0n) is 22.7. The van der Waals surface area contributed by atoms with Crippen molar-refractivity contribution >= 4 is 33.3 Å². The molecular formula is C31H23F2N5O4. The van der Waals surface area contributed by atoms with Crippen molar-refractivity contribution in [1.82, 2.24) is 19.5 Å². The van der Waals surface area contributed by atoms with E-state index in [9.17, 15) is 9.18 Å². The van der Waals surface area contributed by atoms with Crippen LogP contribution in [-0.4, -0.2) is 33.7 Å². The molecule has 0 fully saturated rings. The number of pyridine rings is 2. The van der Waals surface area contributed by atoms with Crippen molar-refractivity contribution in [2.75, 3.05) is 19.5 Å². The van der Waals surface area contributed by atoms with E-state index in [1.165, 1.54) is 44.8 Å². The van der Waals surface area contributed by atoms with E-state index in [4.69, 9.17) is 14.2 Å². The van der Waals surface area contributed by atoms with Gasteiger partial charge in [-0.3, -0.25) is 4.79 Å². The zero-order valence-corrected chi connectivity index (χ0v) is 22.7. The molecule has 0 aliphatic carbocycles. The van der Waals surface area contributed by atoms with Gasteiger partial charge in [0.1, 0.15) is 18.0 Å². The minimum atomic E-state index is -0.674. The maximum atomic E-state index is 15.3. The van der Waals surface area contributed by atoms with Gasteiger partial charge in [-0.1, -0.05) is 12.1 Å². The molecule has 210 valence electrons. The fraction of sp³-hybridized carbons (Fsp3) is 0.0968. The SMILES string of the molecule is COc1cc2ncnc(Oc3ccc(Nc4nccc5c4c(=O)c(-c4ccc(F)cc4)cn5C)cc3F)c2cc1OC. The Morgan fingerprint density at radius 3 is 2.36 bits per heavy atom. The van der Waals surface area contributed by atoms with Gasteiger partial charge in [0.2, 0.25) is 11.3 Å². The predicted octanol–water partition coefficient (Wildman–Crippen LogP) is 6.38. The Balaban J connectivity index is 1.34. The molecule has 0 aliphatic rings. The third-order valence-corrected chi connectivity index (χ3v) is 6.76.